The van der Waals surface area contributed by atoms with Gasteiger partial charge in [0.1, 0.15) is 0 Å². The van der Waals surface area contributed by atoms with Gasteiger partial charge < -0.3 is 0 Å². The van der Waals surface area contributed by atoms with Crippen LogP contribution in [0.1, 0.15) is 22.3 Å². The molecule has 0 bridgehead atoms. The predicted octanol–water partition coefficient (Wildman–Crippen LogP) is 3.76. The molecule has 164 valence electrons. The standard InChI is InChI=1S/C21H26BrNO5S2/c1-15-10-16(2)21(17(3)11-15)30(26,27)23-20(12-18-8-6-5-7-9-18)13-19(22)14-28-29(4,24)25/h5-11,13,20,23H,12,14H2,1-4H3/b19-13+/t20-/m0/s1. The maximum Gasteiger partial charge on any atom is 0.264 e. The van der Waals surface area contributed by atoms with Crippen LogP contribution in [0, 0.1) is 20.8 Å². The Hall–Kier alpha value is -1.52. The fourth-order valence-corrected chi connectivity index (χ4v) is 5.84. The van der Waals surface area contributed by atoms with Crippen LogP contribution in [0.4, 0.5) is 0 Å². The van der Waals surface area contributed by atoms with Gasteiger partial charge in [0.25, 0.3) is 10.1 Å². The van der Waals surface area contributed by atoms with Crippen molar-refractivity contribution in [1.82, 2.24) is 4.72 Å². The molecule has 0 fully saturated rings. The Kier molecular flexibility index (Phi) is 8.41. The van der Waals surface area contributed by atoms with Gasteiger partial charge in [0.05, 0.1) is 17.8 Å². The number of aryl methyl sites for hydroxylation is 3. The molecule has 0 unspecified atom stereocenters. The van der Waals surface area contributed by atoms with Gasteiger partial charge in [-0.05, 0) is 43.9 Å². The van der Waals surface area contributed by atoms with Crippen LogP contribution in [0.5, 0.6) is 0 Å². The number of rotatable bonds is 9. The van der Waals surface area contributed by atoms with E-state index in [9.17, 15) is 16.8 Å². The van der Waals surface area contributed by atoms with Gasteiger partial charge in [0, 0.05) is 10.5 Å². The zero-order valence-corrected chi connectivity index (χ0v) is 20.6. The van der Waals surface area contributed by atoms with E-state index in [2.05, 4.69) is 20.7 Å². The van der Waals surface area contributed by atoms with Gasteiger partial charge in [0.15, 0.2) is 0 Å². The van der Waals surface area contributed by atoms with Gasteiger partial charge in [-0.1, -0.05) is 70.0 Å². The molecule has 1 atom stereocenters. The highest BCUT2D eigenvalue weighted by molar-refractivity contribution is 9.11. The van der Waals surface area contributed by atoms with Crippen LogP contribution in [0.3, 0.4) is 0 Å². The maximum absolute atomic E-state index is 13.2. The normalized spacial score (nSPS) is 14.0. The van der Waals surface area contributed by atoms with Crippen molar-refractivity contribution in [2.75, 3.05) is 12.9 Å². The molecule has 1 N–H and O–H groups in total. The summed E-state index contributed by atoms with van der Waals surface area (Å²) in [6.07, 6.45) is 2.97. The van der Waals surface area contributed by atoms with E-state index in [-0.39, 0.29) is 11.5 Å². The molecule has 0 radical (unpaired) electrons. The minimum absolute atomic E-state index is 0.214. The third-order valence-electron chi connectivity index (χ3n) is 4.27. The quantitative estimate of drug-likeness (QED) is 0.513. The Labute approximate surface area is 187 Å². The first kappa shape index (κ1) is 24.7. The van der Waals surface area contributed by atoms with Crippen LogP contribution in [-0.2, 0) is 30.7 Å². The second-order valence-corrected chi connectivity index (χ2v) is 11.5. The Morgan fingerprint density at radius 3 is 2.17 bits per heavy atom. The van der Waals surface area contributed by atoms with E-state index < -0.39 is 26.2 Å². The molecule has 0 saturated carbocycles. The van der Waals surface area contributed by atoms with E-state index in [1.807, 2.05) is 49.4 Å². The third-order valence-corrected chi connectivity index (χ3v) is 7.10. The lowest BCUT2D eigenvalue weighted by atomic mass is 10.1. The van der Waals surface area contributed by atoms with Crippen LogP contribution >= 0.6 is 15.9 Å². The summed E-state index contributed by atoms with van der Waals surface area (Å²) in [7, 11) is -7.44. The highest BCUT2D eigenvalue weighted by atomic mass is 79.9. The van der Waals surface area contributed by atoms with Crippen molar-refractivity contribution in [2.45, 2.75) is 38.1 Å². The van der Waals surface area contributed by atoms with E-state index in [0.29, 0.717) is 22.0 Å². The van der Waals surface area contributed by atoms with E-state index in [1.54, 1.807) is 19.9 Å². The summed E-state index contributed by atoms with van der Waals surface area (Å²) in [5.74, 6) is 0. The van der Waals surface area contributed by atoms with Gasteiger partial charge in [0.2, 0.25) is 10.0 Å². The Balaban J connectivity index is 2.36. The maximum atomic E-state index is 13.2. The minimum atomic E-state index is -3.82. The molecule has 0 aromatic heterocycles. The van der Waals surface area contributed by atoms with Crippen molar-refractivity contribution in [3.8, 4) is 0 Å². The van der Waals surface area contributed by atoms with Crippen LogP contribution < -0.4 is 4.72 Å². The monoisotopic (exact) mass is 515 g/mol. The number of sulfonamides is 1. The van der Waals surface area contributed by atoms with Gasteiger partial charge in [-0.15, -0.1) is 0 Å². The largest absolute Gasteiger partial charge is 0.265 e. The Morgan fingerprint density at radius 1 is 1.07 bits per heavy atom. The zero-order valence-electron chi connectivity index (χ0n) is 17.3. The molecule has 9 heteroatoms. The minimum Gasteiger partial charge on any atom is -0.265 e. The zero-order chi connectivity index (χ0) is 22.5. The van der Waals surface area contributed by atoms with Crippen molar-refractivity contribution in [3.05, 3.63) is 75.3 Å². The average molecular weight is 516 g/mol. The SMILES string of the molecule is Cc1cc(C)c(S(=O)(=O)N[C@H](/C=C(/Br)COS(C)(=O)=O)Cc2ccccc2)c(C)c1. The highest BCUT2D eigenvalue weighted by Crippen LogP contribution is 2.23. The average Bonchev–Trinajstić information content (AvgIpc) is 2.58. The number of halogens is 1. The van der Waals surface area contributed by atoms with Crippen molar-refractivity contribution in [3.63, 3.8) is 0 Å². The molecule has 0 saturated heterocycles. The lowest BCUT2D eigenvalue weighted by Gasteiger charge is -2.19. The van der Waals surface area contributed by atoms with Crippen LogP contribution in [0.25, 0.3) is 0 Å². The molecular weight excluding hydrogens is 490 g/mol. The van der Waals surface area contributed by atoms with Crippen LogP contribution in [-0.4, -0.2) is 35.7 Å². The summed E-state index contributed by atoms with van der Waals surface area (Å²) >= 11 is 3.28. The number of hydrogen-bond acceptors (Lipinski definition) is 5. The van der Waals surface area contributed by atoms with Gasteiger partial charge in [-0.25, -0.2) is 13.1 Å². The van der Waals surface area contributed by atoms with Gasteiger partial charge in [-0.2, -0.15) is 8.42 Å². The molecule has 0 aliphatic rings. The number of hydrogen-bond donors (Lipinski definition) is 1. The molecule has 2 aromatic carbocycles. The van der Waals surface area contributed by atoms with Crippen molar-refractivity contribution in [1.29, 1.82) is 0 Å². The number of nitrogens with one attached hydrogen (secondary N) is 1. The number of benzene rings is 2. The third kappa shape index (κ3) is 7.63. The predicted molar refractivity (Wildman–Crippen MR) is 123 cm³/mol. The summed E-state index contributed by atoms with van der Waals surface area (Å²) in [5.41, 5.74) is 3.26. The lowest BCUT2D eigenvalue weighted by molar-refractivity contribution is 0.359. The molecular formula is C21H26BrNO5S2. The molecule has 0 heterocycles. The van der Waals surface area contributed by atoms with Crippen molar-refractivity contribution in [2.24, 2.45) is 0 Å². The fraction of sp³-hybridized carbons (Fsp3) is 0.333. The topological polar surface area (TPSA) is 89.5 Å². The van der Waals surface area contributed by atoms with Gasteiger partial charge in [-0.3, -0.25) is 4.18 Å². The van der Waals surface area contributed by atoms with E-state index in [1.165, 1.54) is 0 Å². The molecule has 2 rings (SSSR count). The molecule has 0 aliphatic heterocycles. The summed E-state index contributed by atoms with van der Waals surface area (Å²) in [5, 5.41) is 0. The summed E-state index contributed by atoms with van der Waals surface area (Å²) < 4.78 is 56.9. The summed E-state index contributed by atoms with van der Waals surface area (Å²) in [6.45, 7) is 5.25. The molecule has 0 aliphatic carbocycles. The van der Waals surface area contributed by atoms with Gasteiger partial charge >= 0.3 is 0 Å². The lowest BCUT2D eigenvalue weighted by Crippen LogP contribution is -2.36. The molecule has 2 aromatic rings. The highest BCUT2D eigenvalue weighted by Gasteiger charge is 2.23. The van der Waals surface area contributed by atoms with Crippen molar-refractivity contribution < 1.29 is 21.0 Å². The fourth-order valence-electron chi connectivity index (χ4n) is 3.28. The first-order valence-corrected chi connectivity index (χ1v) is 13.3. The smallest absolute Gasteiger partial charge is 0.264 e. The van der Waals surface area contributed by atoms with E-state index in [4.69, 9.17) is 4.18 Å². The summed E-state index contributed by atoms with van der Waals surface area (Å²) in [6, 6.07) is 12.5. The second kappa shape index (κ2) is 10.2. The molecule has 0 amide bonds. The molecule has 0 spiro atoms. The molecule has 30 heavy (non-hydrogen) atoms. The Bertz CT molecular complexity index is 1100. The van der Waals surface area contributed by atoms with E-state index in [0.717, 1.165) is 17.4 Å². The van der Waals surface area contributed by atoms with Crippen molar-refractivity contribution >= 4 is 36.1 Å². The first-order chi connectivity index (χ1) is 13.9. The first-order valence-electron chi connectivity index (χ1n) is 9.22. The summed E-state index contributed by atoms with van der Waals surface area (Å²) in [4.78, 5) is 0.253. The van der Waals surface area contributed by atoms with E-state index >= 15 is 0 Å². The second-order valence-electron chi connectivity index (χ2n) is 7.23. The van der Waals surface area contributed by atoms with Crippen LogP contribution in [0.2, 0.25) is 0 Å². The molecule has 6 nitrogen and oxygen atoms in total. The Morgan fingerprint density at radius 2 is 1.63 bits per heavy atom. The van der Waals surface area contributed by atoms with Crippen LogP contribution in [0.15, 0.2) is 57.9 Å².